The van der Waals surface area contributed by atoms with E-state index in [0.29, 0.717) is 17.3 Å². The second-order valence-electron chi connectivity index (χ2n) is 13.3. The van der Waals surface area contributed by atoms with Crippen LogP contribution in [0.2, 0.25) is 18.1 Å². The Bertz CT molecular complexity index is 746. The number of ether oxygens (including phenoxy) is 1. The maximum atomic E-state index is 12.7. The molecule has 2 saturated carbocycles. The van der Waals surface area contributed by atoms with E-state index in [2.05, 4.69) is 67.6 Å². The summed E-state index contributed by atoms with van der Waals surface area (Å²) in [5, 5.41) is 0.164. The molecule has 0 aromatic carbocycles. The standard InChI is InChI=1S/C26H44O3Si/c1-16-21-19(29-30(8,9)24(2,3)4)15-18-17(22(21)28-23(16)27)11-12-20-25(5,6)13-10-14-26(18,20)7/h11,16,18-22H,10,12-15H2,1-9H3/t16-,18-,19-,20-,21?,22?,26+/m0/s1. The van der Waals surface area contributed by atoms with Gasteiger partial charge < -0.3 is 9.16 Å². The van der Waals surface area contributed by atoms with Crippen molar-refractivity contribution in [3.8, 4) is 0 Å². The molecule has 2 unspecified atom stereocenters. The third-order valence-corrected chi connectivity index (χ3v) is 14.6. The maximum Gasteiger partial charge on any atom is 0.309 e. The summed E-state index contributed by atoms with van der Waals surface area (Å²) < 4.78 is 13.2. The molecular weight excluding hydrogens is 388 g/mol. The topological polar surface area (TPSA) is 35.5 Å². The summed E-state index contributed by atoms with van der Waals surface area (Å²) in [5.74, 6) is 1.26. The van der Waals surface area contributed by atoms with Crippen molar-refractivity contribution in [2.45, 2.75) is 111 Å². The van der Waals surface area contributed by atoms with Gasteiger partial charge in [0.05, 0.1) is 12.0 Å². The van der Waals surface area contributed by atoms with E-state index < -0.39 is 8.32 Å². The van der Waals surface area contributed by atoms with Gasteiger partial charge in [-0.15, -0.1) is 0 Å². The monoisotopic (exact) mass is 432 g/mol. The van der Waals surface area contributed by atoms with Gasteiger partial charge in [0.25, 0.3) is 0 Å². The Hall–Kier alpha value is -0.613. The first-order valence-corrected chi connectivity index (χ1v) is 15.2. The molecule has 0 spiro atoms. The van der Waals surface area contributed by atoms with Gasteiger partial charge in [-0.1, -0.05) is 61.0 Å². The summed E-state index contributed by atoms with van der Waals surface area (Å²) in [5.41, 5.74) is 2.09. The number of allylic oxidation sites excluding steroid dienone is 1. The lowest BCUT2D eigenvalue weighted by Crippen LogP contribution is -2.57. The Labute approximate surface area is 185 Å². The molecule has 4 aliphatic rings. The second kappa shape index (κ2) is 6.94. The van der Waals surface area contributed by atoms with Crippen LogP contribution < -0.4 is 0 Å². The van der Waals surface area contributed by atoms with Crippen LogP contribution in [0.1, 0.15) is 80.6 Å². The zero-order valence-corrected chi connectivity index (χ0v) is 21.8. The summed E-state index contributed by atoms with van der Waals surface area (Å²) >= 11 is 0. The van der Waals surface area contributed by atoms with E-state index in [4.69, 9.17) is 9.16 Å². The normalized spacial score (nSPS) is 43.2. The van der Waals surface area contributed by atoms with Gasteiger partial charge in [0.2, 0.25) is 0 Å². The van der Waals surface area contributed by atoms with E-state index >= 15 is 0 Å². The summed E-state index contributed by atoms with van der Waals surface area (Å²) in [4.78, 5) is 12.7. The minimum absolute atomic E-state index is 0.0216. The van der Waals surface area contributed by atoms with Crippen LogP contribution in [-0.2, 0) is 14.0 Å². The minimum atomic E-state index is -1.94. The fraction of sp³-hybridized carbons (Fsp3) is 0.885. The van der Waals surface area contributed by atoms with Crippen molar-refractivity contribution in [2.24, 2.45) is 34.5 Å². The highest BCUT2D eigenvalue weighted by atomic mass is 28.4. The van der Waals surface area contributed by atoms with Gasteiger partial charge in [-0.25, -0.2) is 0 Å². The predicted octanol–water partition coefficient (Wildman–Crippen LogP) is 6.74. The molecule has 1 saturated heterocycles. The van der Waals surface area contributed by atoms with Crippen molar-refractivity contribution < 1.29 is 14.0 Å². The molecule has 3 fully saturated rings. The average molecular weight is 433 g/mol. The number of carbonyl (C=O) groups excluding carboxylic acids is 1. The SMILES string of the molecule is C[C@@H]1C(=O)OC2C3=CC[C@H]4C(C)(C)CCC[C@]4(C)[C@H]3C[C@H](O[Si](C)(C)C(C)(C)C)C21. The lowest BCUT2D eigenvalue weighted by Gasteiger charge is -2.60. The van der Waals surface area contributed by atoms with Crippen LogP contribution in [0, 0.1) is 34.5 Å². The Kier molecular flexibility index (Phi) is 5.22. The predicted molar refractivity (Wildman–Crippen MR) is 125 cm³/mol. The molecule has 1 aliphatic heterocycles. The molecule has 170 valence electrons. The van der Waals surface area contributed by atoms with Gasteiger partial charge in [-0.05, 0) is 72.1 Å². The molecule has 3 nitrogen and oxygen atoms in total. The van der Waals surface area contributed by atoms with Gasteiger partial charge in [-0.2, -0.15) is 0 Å². The quantitative estimate of drug-likeness (QED) is 0.275. The molecule has 0 radical (unpaired) electrons. The van der Waals surface area contributed by atoms with E-state index in [1.54, 1.807) is 0 Å². The molecule has 1 heterocycles. The summed E-state index contributed by atoms with van der Waals surface area (Å²) in [6, 6.07) is 0. The van der Waals surface area contributed by atoms with Crippen LogP contribution in [-0.4, -0.2) is 26.5 Å². The molecule has 0 bridgehead atoms. The van der Waals surface area contributed by atoms with Crippen molar-refractivity contribution in [2.75, 3.05) is 0 Å². The van der Waals surface area contributed by atoms with E-state index in [0.717, 1.165) is 12.8 Å². The molecule has 7 atom stereocenters. The van der Waals surface area contributed by atoms with Crippen LogP contribution in [0.3, 0.4) is 0 Å². The van der Waals surface area contributed by atoms with Gasteiger partial charge >= 0.3 is 5.97 Å². The highest BCUT2D eigenvalue weighted by Crippen LogP contribution is 2.64. The third-order valence-electron chi connectivity index (χ3n) is 10.1. The van der Waals surface area contributed by atoms with E-state index in [1.165, 1.54) is 24.8 Å². The Morgan fingerprint density at radius 1 is 1.17 bits per heavy atom. The molecule has 4 heteroatoms. The molecular formula is C26H44O3Si. The number of esters is 1. The highest BCUT2D eigenvalue weighted by molar-refractivity contribution is 6.74. The fourth-order valence-corrected chi connectivity index (χ4v) is 8.64. The Morgan fingerprint density at radius 3 is 2.47 bits per heavy atom. The molecule has 0 aromatic rings. The van der Waals surface area contributed by atoms with Gasteiger partial charge in [-0.3, -0.25) is 4.79 Å². The van der Waals surface area contributed by atoms with Crippen LogP contribution in [0.15, 0.2) is 11.6 Å². The van der Waals surface area contributed by atoms with Gasteiger partial charge in [0.15, 0.2) is 8.32 Å². The smallest absolute Gasteiger partial charge is 0.309 e. The number of fused-ring (bicyclic) bond motifs is 5. The average Bonchev–Trinajstić information content (AvgIpc) is 2.89. The fourth-order valence-electron chi connectivity index (χ4n) is 7.28. The number of rotatable bonds is 2. The van der Waals surface area contributed by atoms with E-state index in [9.17, 15) is 4.79 Å². The zero-order valence-electron chi connectivity index (χ0n) is 20.8. The lowest BCUT2D eigenvalue weighted by molar-refractivity contribution is -0.144. The van der Waals surface area contributed by atoms with E-state index in [1.807, 2.05) is 0 Å². The molecule has 4 rings (SSSR count). The third kappa shape index (κ3) is 3.27. The largest absolute Gasteiger partial charge is 0.457 e. The summed E-state index contributed by atoms with van der Waals surface area (Å²) in [7, 11) is -1.94. The van der Waals surface area contributed by atoms with Gasteiger partial charge in [0, 0.05) is 5.92 Å². The summed E-state index contributed by atoms with van der Waals surface area (Å²) in [6.07, 6.45) is 8.66. The molecule has 0 N–H and O–H groups in total. The van der Waals surface area contributed by atoms with Crippen molar-refractivity contribution in [3.05, 3.63) is 11.6 Å². The molecule has 0 amide bonds. The van der Waals surface area contributed by atoms with Crippen LogP contribution in [0.5, 0.6) is 0 Å². The van der Waals surface area contributed by atoms with Crippen molar-refractivity contribution in [1.29, 1.82) is 0 Å². The number of hydrogen-bond acceptors (Lipinski definition) is 3. The van der Waals surface area contributed by atoms with Crippen molar-refractivity contribution >= 4 is 14.3 Å². The number of carbonyl (C=O) groups is 1. The van der Waals surface area contributed by atoms with Crippen LogP contribution >= 0.6 is 0 Å². The maximum absolute atomic E-state index is 12.7. The first-order chi connectivity index (χ1) is 13.7. The minimum Gasteiger partial charge on any atom is -0.457 e. The van der Waals surface area contributed by atoms with Crippen molar-refractivity contribution in [3.63, 3.8) is 0 Å². The Balaban J connectivity index is 1.74. The zero-order chi connectivity index (χ0) is 22.3. The number of hydrogen-bond donors (Lipinski definition) is 0. The molecule has 30 heavy (non-hydrogen) atoms. The van der Waals surface area contributed by atoms with E-state index in [-0.39, 0.29) is 40.5 Å². The first-order valence-electron chi connectivity index (χ1n) is 12.3. The van der Waals surface area contributed by atoms with Crippen LogP contribution in [0.4, 0.5) is 0 Å². The van der Waals surface area contributed by atoms with Crippen LogP contribution in [0.25, 0.3) is 0 Å². The first kappa shape index (κ1) is 22.6. The summed E-state index contributed by atoms with van der Waals surface area (Å²) in [6.45, 7) is 21.2. The lowest BCUT2D eigenvalue weighted by atomic mass is 9.46. The van der Waals surface area contributed by atoms with Gasteiger partial charge in [0.1, 0.15) is 6.10 Å². The molecule has 0 aromatic heterocycles. The Morgan fingerprint density at radius 2 is 1.83 bits per heavy atom. The molecule has 3 aliphatic carbocycles. The second-order valence-corrected chi connectivity index (χ2v) is 18.0. The van der Waals surface area contributed by atoms with Crippen molar-refractivity contribution in [1.82, 2.24) is 0 Å². The highest BCUT2D eigenvalue weighted by Gasteiger charge is 2.61.